The summed E-state index contributed by atoms with van der Waals surface area (Å²) in [4.78, 5) is 4.41. The number of rotatable bonds is 2. The van der Waals surface area contributed by atoms with Crippen LogP contribution in [0.1, 0.15) is 11.5 Å². The van der Waals surface area contributed by atoms with Crippen molar-refractivity contribution in [2.45, 2.75) is 19.4 Å². The van der Waals surface area contributed by atoms with Gasteiger partial charge in [-0.1, -0.05) is 12.1 Å². The van der Waals surface area contributed by atoms with Crippen molar-refractivity contribution in [3.63, 3.8) is 0 Å². The van der Waals surface area contributed by atoms with Crippen LogP contribution in [0.15, 0.2) is 22.6 Å². The van der Waals surface area contributed by atoms with Crippen LogP contribution in [0, 0.1) is 6.92 Å². The Bertz CT molecular complexity index is 706. The first kappa shape index (κ1) is 12.6. The van der Waals surface area contributed by atoms with Crippen molar-refractivity contribution in [1.29, 1.82) is 0 Å². The first-order valence-electron chi connectivity index (χ1n) is 6.32. The molecular weight excluding hydrogens is 264 g/mol. The van der Waals surface area contributed by atoms with Crippen molar-refractivity contribution in [1.82, 2.24) is 10.3 Å². The van der Waals surface area contributed by atoms with Crippen molar-refractivity contribution >= 4 is 20.9 Å². The van der Waals surface area contributed by atoms with E-state index in [1.807, 2.05) is 25.1 Å². The van der Waals surface area contributed by atoms with Gasteiger partial charge in [-0.05, 0) is 18.6 Å². The minimum absolute atomic E-state index is 0.105. The number of nitrogens with one attached hydrogen (secondary N) is 1. The Labute approximate surface area is 111 Å². The summed E-state index contributed by atoms with van der Waals surface area (Å²) in [6.45, 7) is 2.48. The van der Waals surface area contributed by atoms with Crippen LogP contribution in [-0.2, 0) is 16.3 Å². The van der Waals surface area contributed by atoms with Crippen LogP contribution >= 0.6 is 0 Å². The number of aromatic nitrogens is 1. The van der Waals surface area contributed by atoms with Crippen molar-refractivity contribution in [2.75, 3.05) is 18.1 Å². The molecule has 2 aromatic rings. The molecule has 1 fully saturated rings. The fourth-order valence-corrected chi connectivity index (χ4v) is 3.87. The minimum atomic E-state index is -2.92. The van der Waals surface area contributed by atoms with Gasteiger partial charge in [0.05, 0.1) is 11.5 Å². The van der Waals surface area contributed by atoms with Crippen molar-refractivity contribution in [2.24, 2.45) is 0 Å². The SMILES string of the molecule is Cc1cccc2nc(CC3CS(=O)(=O)CCN3)oc12. The zero-order chi connectivity index (χ0) is 13.5. The number of sulfone groups is 1. The molecule has 1 saturated heterocycles. The molecule has 0 bridgehead atoms. The predicted molar refractivity (Wildman–Crippen MR) is 72.9 cm³/mol. The van der Waals surface area contributed by atoms with Crippen LogP contribution in [0.3, 0.4) is 0 Å². The first-order chi connectivity index (χ1) is 9.03. The Kier molecular flexibility index (Phi) is 3.06. The third kappa shape index (κ3) is 2.64. The summed E-state index contributed by atoms with van der Waals surface area (Å²) >= 11 is 0. The number of oxazole rings is 1. The molecule has 6 heteroatoms. The van der Waals surface area contributed by atoms with Gasteiger partial charge in [-0.2, -0.15) is 0 Å². The first-order valence-corrected chi connectivity index (χ1v) is 8.14. The molecule has 3 rings (SSSR count). The molecular formula is C13H16N2O3S. The third-order valence-corrected chi connectivity index (χ3v) is 5.11. The molecule has 1 unspecified atom stereocenters. The minimum Gasteiger partial charge on any atom is -0.440 e. The van der Waals surface area contributed by atoms with E-state index in [0.29, 0.717) is 18.9 Å². The molecule has 1 N–H and O–H groups in total. The molecule has 0 radical (unpaired) electrons. The van der Waals surface area contributed by atoms with E-state index in [9.17, 15) is 8.42 Å². The van der Waals surface area contributed by atoms with Gasteiger partial charge in [0.15, 0.2) is 21.3 Å². The second-order valence-corrected chi connectivity index (χ2v) is 7.23. The normalized spacial score (nSPS) is 22.7. The Morgan fingerprint density at radius 2 is 2.32 bits per heavy atom. The standard InChI is InChI=1S/C13H16N2O3S/c1-9-3-2-4-11-13(9)18-12(15-11)7-10-8-19(16,17)6-5-14-10/h2-4,10,14H,5-8H2,1H3. The van der Waals surface area contributed by atoms with Gasteiger partial charge in [0.25, 0.3) is 0 Å². The molecule has 1 aliphatic heterocycles. The number of hydrogen-bond acceptors (Lipinski definition) is 5. The third-order valence-electron chi connectivity index (χ3n) is 3.38. The monoisotopic (exact) mass is 280 g/mol. The molecule has 1 aliphatic rings. The maximum absolute atomic E-state index is 11.6. The van der Waals surface area contributed by atoms with Gasteiger partial charge < -0.3 is 9.73 Å². The lowest BCUT2D eigenvalue weighted by molar-refractivity contribution is 0.456. The lowest BCUT2D eigenvalue weighted by atomic mass is 10.2. The summed E-state index contributed by atoms with van der Waals surface area (Å²) in [7, 11) is -2.92. The smallest absolute Gasteiger partial charge is 0.197 e. The molecule has 0 spiro atoms. The van der Waals surface area contributed by atoms with Crippen LogP contribution in [-0.4, -0.2) is 37.5 Å². The Hall–Kier alpha value is -1.40. The number of hydrogen-bond donors (Lipinski definition) is 1. The van der Waals surface area contributed by atoms with E-state index in [0.717, 1.165) is 16.7 Å². The van der Waals surface area contributed by atoms with Crippen LogP contribution in [0.4, 0.5) is 0 Å². The van der Waals surface area contributed by atoms with Crippen molar-refractivity contribution in [3.8, 4) is 0 Å². The molecule has 102 valence electrons. The number of benzene rings is 1. The van der Waals surface area contributed by atoms with Crippen LogP contribution in [0.25, 0.3) is 11.1 Å². The van der Waals surface area contributed by atoms with Gasteiger partial charge in [0.2, 0.25) is 0 Å². The molecule has 5 nitrogen and oxygen atoms in total. The highest BCUT2D eigenvalue weighted by molar-refractivity contribution is 7.91. The molecule has 0 amide bonds. The zero-order valence-electron chi connectivity index (χ0n) is 10.7. The highest BCUT2D eigenvalue weighted by Gasteiger charge is 2.25. The maximum atomic E-state index is 11.6. The summed E-state index contributed by atoms with van der Waals surface area (Å²) in [5, 5.41) is 3.20. The topological polar surface area (TPSA) is 72.2 Å². The van der Waals surface area contributed by atoms with E-state index < -0.39 is 9.84 Å². The average molecular weight is 280 g/mol. The molecule has 1 aromatic carbocycles. The van der Waals surface area contributed by atoms with E-state index in [4.69, 9.17) is 4.42 Å². The fraction of sp³-hybridized carbons (Fsp3) is 0.462. The summed E-state index contributed by atoms with van der Waals surface area (Å²) in [6, 6.07) is 5.71. The van der Waals surface area contributed by atoms with Crippen molar-refractivity contribution < 1.29 is 12.8 Å². The lowest BCUT2D eigenvalue weighted by Crippen LogP contribution is -2.46. The molecule has 1 aromatic heterocycles. The van der Waals surface area contributed by atoms with Crippen LogP contribution < -0.4 is 5.32 Å². The van der Waals surface area contributed by atoms with Gasteiger partial charge in [-0.15, -0.1) is 0 Å². The quantitative estimate of drug-likeness (QED) is 0.890. The van der Waals surface area contributed by atoms with E-state index in [2.05, 4.69) is 10.3 Å². The highest BCUT2D eigenvalue weighted by atomic mass is 32.2. The molecule has 0 aliphatic carbocycles. The van der Waals surface area contributed by atoms with E-state index >= 15 is 0 Å². The van der Waals surface area contributed by atoms with Gasteiger partial charge in [0.1, 0.15) is 5.52 Å². The Balaban J connectivity index is 1.84. The summed E-state index contributed by atoms with van der Waals surface area (Å²) in [5.41, 5.74) is 2.66. The van der Waals surface area contributed by atoms with E-state index in [1.165, 1.54) is 0 Å². The number of nitrogens with zero attached hydrogens (tertiary/aromatic N) is 1. The van der Waals surface area contributed by atoms with Gasteiger partial charge in [-0.25, -0.2) is 13.4 Å². The number of para-hydroxylation sites is 1. The second kappa shape index (κ2) is 4.61. The molecule has 1 atom stereocenters. The van der Waals surface area contributed by atoms with E-state index in [1.54, 1.807) is 0 Å². The number of aryl methyl sites for hydroxylation is 1. The number of fused-ring (bicyclic) bond motifs is 1. The second-order valence-electron chi connectivity index (χ2n) is 5.00. The van der Waals surface area contributed by atoms with Gasteiger partial charge in [0, 0.05) is 19.0 Å². The zero-order valence-corrected chi connectivity index (χ0v) is 11.5. The summed E-state index contributed by atoms with van der Waals surface area (Å²) in [5.74, 6) is 0.972. The maximum Gasteiger partial charge on any atom is 0.197 e. The highest BCUT2D eigenvalue weighted by Crippen LogP contribution is 2.20. The fourth-order valence-electron chi connectivity index (χ4n) is 2.43. The van der Waals surface area contributed by atoms with E-state index in [-0.39, 0.29) is 17.5 Å². The molecule has 2 heterocycles. The van der Waals surface area contributed by atoms with Gasteiger partial charge in [-0.3, -0.25) is 0 Å². The summed E-state index contributed by atoms with van der Waals surface area (Å²) in [6.07, 6.45) is 0.507. The van der Waals surface area contributed by atoms with Crippen molar-refractivity contribution in [3.05, 3.63) is 29.7 Å². The molecule has 19 heavy (non-hydrogen) atoms. The lowest BCUT2D eigenvalue weighted by Gasteiger charge is -2.22. The van der Waals surface area contributed by atoms with Gasteiger partial charge >= 0.3 is 0 Å². The average Bonchev–Trinajstić information content (AvgIpc) is 2.71. The Morgan fingerprint density at radius 1 is 1.47 bits per heavy atom. The Morgan fingerprint density at radius 3 is 3.05 bits per heavy atom. The summed E-state index contributed by atoms with van der Waals surface area (Å²) < 4.78 is 28.9. The molecule has 0 saturated carbocycles. The predicted octanol–water partition coefficient (Wildman–Crippen LogP) is 1.07. The largest absolute Gasteiger partial charge is 0.440 e. The van der Waals surface area contributed by atoms with Crippen LogP contribution in [0.2, 0.25) is 0 Å². The van der Waals surface area contributed by atoms with Crippen LogP contribution in [0.5, 0.6) is 0 Å².